The largest absolute Gasteiger partial charge is 0.497 e. The summed E-state index contributed by atoms with van der Waals surface area (Å²) in [6.07, 6.45) is 2.54. The standard InChI is InChI=1S/C15H17N5O2/c1-20-15-12(7-19-20)14(17-9-18-15)16-8-13(21)10-3-5-11(22-2)6-4-10/h3-7,9,13,21H,8H2,1-2H3,(H,16,17,18)/t13-/m0/s1. The van der Waals surface area contributed by atoms with E-state index in [1.54, 1.807) is 18.0 Å². The van der Waals surface area contributed by atoms with Crippen LogP contribution in [0, 0.1) is 0 Å². The summed E-state index contributed by atoms with van der Waals surface area (Å²) >= 11 is 0. The van der Waals surface area contributed by atoms with Crippen LogP contribution in [0.4, 0.5) is 5.82 Å². The molecule has 0 radical (unpaired) electrons. The summed E-state index contributed by atoms with van der Waals surface area (Å²) < 4.78 is 6.79. The molecule has 22 heavy (non-hydrogen) atoms. The van der Waals surface area contributed by atoms with Crippen molar-refractivity contribution in [2.45, 2.75) is 6.10 Å². The van der Waals surface area contributed by atoms with Gasteiger partial charge in [-0.1, -0.05) is 12.1 Å². The number of fused-ring (bicyclic) bond motifs is 1. The first-order valence-corrected chi connectivity index (χ1v) is 6.87. The van der Waals surface area contributed by atoms with Crippen molar-refractivity contribution in [3.8, 4) is 5.75 Å². The highest BCUT2D eigenvalue weighted by Crippen LogP contribution is 2.21. The first-order valence-electron chi connectivity index (χ1n) is 6.87. The van der Waals surface area contributed by atoms with Crippen molar-refractivity contribution in [1.29, 1.82) is 0 Å². The van der Waals surface area contributed by atoms with Gasteiger partial charge in [0.2, 0.25) is 0 Å². The second-order valence-electron chi connectivity index (χ2n) is 4.90. The van der Waals surface area contributed by atoms with Gasteiger partial charge in [0.15, 0.2) is 5.65 Å². The van der Waals surface area contributed by atoms with Gasteiger partial charge in [0.05, 0.1) is 24.8 Å². The lowest BCUT2D eigenvalue weighted by atomic mass is 10.1. The number of ether oxygens (including phenoxy) is 1. The number of aryl methyl sites for hydroxylation is 1. The molecule has 7 nitrogen and oxygen atoms in total. The van der Waals surface area contributed by atoms with Crippen LogP contribution in [0.2, 0.25) is 0 Å². The van der Waals surface area contributed by atoms with E-state index < -0.39 is 6.10 Å². The number of nitrogens with one attached hydrogen (secondary N) is 1. The maximum absolute atomic E-state index is 10.3. The van der Waals surface area contributed by atoms with Gasteiger partial charge in [-0.25, -0.2) is 9.97 Å². The van der Waals surface area contributed by atoms with Crippen molar-refractivity contribution in [2.24, 2.45) is 7.05 Å². The number of anilines is 1. The Labute approximate surface area is 127 Å². The number of aliphatic hydroxyl groups excluding tert-OH is 1. The lowest BCUT2D eigenvalue weighted by molar-refractivity contribution is 0.191. The summed E-state index contributed by atoms with van der Waals surface area (Å²) in [5, 5.41) is 18.4. The maximum atomic E-state index is 10.3. The average Bonchev–Trinajstić information content (AvgIpc) is 2.95. The molecule has 3 rings (SSSR count). The monoisotopic (exact) mass is 299 g/mol. The number of methoxy groups -OCH3 is 1. The summed E-state index contributed by atoms with van der Waals surface area (Å²) in [6, 6.07) is 7.32. The predicted molar refractivity (Wildman–Crippen MR) is 82.7 cm³/mol. The van der Waals surface area contributed by atoms with E-state index in [0.29, 0.717) is 12.4 Å². The molecule has 0 saturated carbocycles. The third-order valence-corrected chi connectivity index (χ3v) is 3.49. The third kappa shape index (κ3) is 2.71. The smallest absolute Gasteiger partial charge is 0.163 e. The van der Waals surface area contributed by atoms with Crippen molar-refractivity contribution in [3.05, 3.63) is 42.4 Å². The van der Waals surface area contributed by atoms with E-state index in [1.165, 1.54) is 6.33 Å². The van der Waals surface area contributed by atoms with Gasteiger partial charge in [-0.05, 0) is 17.7 Å². The topological polar surface area (TPSA) is 85.1 Å². The average molecular weight is 299 g/mol. The van der Waals surface area contributed by atoms with Crippen LogP contribution in [0.5, 0.6) is 5.75 Å². The van der Waals surface area contributed by atoms with Crippen molar-refractivity contribution in [3.63, 3.8) is 0 Å². The highest BCUT2D eigenvalue weighted by Gasteiger charge is 2.11. The maximum Gasteiger partial charge on any atom is 0.163 e. The first-order chi connectivity index (χ1) is 10.7. The lowest BCUT2D eigenvalue weighted by Gasteiger charge is -2.13. The molecule has 0 aliphatic heterocycles. The Hall–Kier alpha value is -2.67. The van der Waals surface area contributed by atoms with Gasteiger partial charge in [-0.3, -0.25) is 4.68 Å². The number of benzene rings is 1. The van der Waals surface area contributed by atoms with Crippen LogP contribution in [0.3, 0.4) is 0 Å². The van der Waals surface area contributed by atoms with Gasteiger partial charge in [-0.2, -0.15) is 5.10 Å². The van der Waals surface area contributed by atoms with Gasteiger partial charge >= 0.3 is 0 Å². The highest BCUT2D eigenvalue weighted by molar-refractivity contribution is 5.85. The molecule has 0 aliphatic rings. The molecule has 0 aliphatic carbocycles. The first kappa shape index (κ1) is 14.3. The quantitative estimate of drug-likeness (QED) is 0.743. The van der Waals surface area contributed by atoms with E-state index in [2.05, 4.69) is 20.4 Å². The van der Waals surface area contributed by atoms with E-state index in [-0.39, 0.29) is 0 Å². The molecule has 1 aromatic carbocycles. The molecular formula is C15H17N5O2. The molecule has 2 heterocycles. The zero-order valence-electron chi connectivity index (χ0n) is 12.4. The Kier molecular flexibility index (Phi) is 3.88. The highest BCUT2D eigenvalue weighted by atomic mass is 16.5. The normalized spacial score (nSPS) is 12.3. The summed E-state index contributed by atoms with van der Waals surface area (Å²) in [5.74, 6) is 1.42. The summed E-state index contributed by atoms with van der Waals surface area (Å²) in [7, 11) is 3.44. The van der Waals surface area contributed by atoms with Crippen molar-refractivity contribution in [2.75, 3.05) is 19.0 Å². The zero-order chi connectivity index (χ0) is 15.5. The van der Waals surface area contributed by atoms with E-state index in [1.807, 2.05) is 31.3 Å². The molecule has 0 amide bonds. The van der Waals surface area contributed by atoms with E-state index in [0.717, 1.165) is 22.3 Å². The number of hydrogen-bond donors (Lipinski definition) is 2. The number of aromatic nitrogens is 4. The number of nitrogens with zero attached hydrogens (tertiary/aromatic N) is 4. The van der Waals surface area contributed by atoms with Crippen LogP contribution in [0.1, 0.15) is 11.7 Å². The fourth-order valence-corrected chi connectivity index (χ4v) is 2.24. The molecule has 2 N–H and O–H groups in total. The van der Waals surface area contributed by atoms with Crippen LogP contribution in [0.25, 0.3) is 11.0 Å². The molecule has 0 fully saturated rings. The minimum absolute atomic E-state index is 0.341. The second-order valence-corrected chi connectivity index (χ2v) is 4.90. The van der Waals surface area contributed by atoms with Gasteiger partial charge in [-0.15, -0.1) is 0 Å². The van der Waals surface area contributed by atoms with Gasteiger partial charge in [0.25, 0.3) is 0 Å². The van der Waals surface area contributed by atoms with Gasteiger partial charge in [0.1, 0.15) is 17.9 Å². The second kappa shape index (κ2) is 5.98. The van der Waals surface area contributed by atoms with Crippen molar-refractivity contribution in [1.82, 2.24) is 19.7 Å². The molecule has 114 valence electrons. The van der Waals surface area contributed by atoms with E-state index in [4.69, 9.17) is 4.74 Å². The van der Waals surface area contributed by atoms with E-state index >= 15 is 0 Å². The predicted octanol–water partition coefficient (Wildman–Crippen LogP) is 1.52. The molecule has 0 spiro atoms. The van der Waals surface area contributed by atoms with Crippen LogP contribution >= 0.6 is 0 Å². The van der Waals surface area contributed by atoms with Gasteiger partial charge in [0, 0.05) is 13.6 Å². The molecular weight excluding hydrogens is 282 g/mol. The molecule has 0 saturated heterocycles. The Morgan fingerprint density at radius 1 is 1.27 bits per heavy atom. The Morgan fingerprint density at radius 2 is 2.05 bits per heavy atom. The molecule has 0 bridgehead atoms. The van der Waals surface area contributed by atoms with Crippen LogP contribution < -0.4 is 10.1 Å². The Morgan fingerprint density at radius 3 is 2.77 bits per heavy atom. The Bertz CT molecular complexity index is 769. The molecule has 7 heteroatoms. The van der Waals surface area contributed by atoms with Gasteiger partial charge < -0.3 is 15.2 Å². The fraction of sp³-hybridized carbons (Fsp3) is 0.267. The number of hydrogen-bond acceptors (Lipinski definition) is 6. The summed E-state index contributed by atoms with van der Waals surface area (Å²) in [4.78, 5) is 8.39. The zero-order valence-corrected chi connectivity index (χ0v) is 12.4. The van der Waals surface area contributed by atoms with Crippen molar-refractivity contribution < 1.29 is 9.84 Å². The minimum atomic E-state index is -0.646. The molecule has 1 atom stereocenters. The number of rotatable bonds is 5. The minimum Gasteiger partial charge on any atom is -0.497 e. The number of aliphatic hydroxyl groups is 1. The van der Waals surface area contributed by atoms with Crippen LogP contribution in [-0.4, -0.2) is 38.5 Å². The summed E-state index contributed by atoms with van der Waals surface area (Å²) in [5.41, 5.74) is 1.56. The summed E-state index contributed by atoms with van der Waals surface area (Å²) in [6.45, 7) is 0.341. The molecule has 0 unspecified atom stereocenters. The van der Waals surface area contributed by atoms with E-state index in [9.17, 15) is 5.11 Å². The fourth-order valence-electron chi connectivity index (χ4n) is 2.24. The van der Waals surface area contributed by atoms with Crippen LogP contribution in [0.15, 0.2) is 36.8 Å². The van der Waals surface area contributed by atoms with Crippen molar-refractivity contribution >= 4 is 16.9 Å². The molecule has 3 aromatic rings. The van der Waals surface area contributed by atoms with Crippen LogP contribution in [-0.2, 0) is 7.05 Å². The third-order valence-electron chi connectivity index (χ3n) is 3.49. The Balaban J connectivity index is 1.72. The SMILES string of the molecule is COc1ccc([C@@H](O)CNc2ncnc3c2cnn3C)cc1. The molecule has 2 aromatic heterocycles. The lowest BCUT2D eigenvalue weighted by Crippen LogP contribution is -2.13.